The van der Waals surface area contributed by atoms with E-state index in [-0.39, 0.29) is 24.8 Å². The summed E-state index contributed by atoms with van der Waals surface area (Å²) in [5.74, 6) is 0.966. The molecule has 0 aromatic heterocycles. The Balaban J connectivity index is 0.00000144. The Morgan fingerprint density at radius 2 is 1.83 bits per heavy atom. The van der Waals surface area contributed by atoms with Gasteiger partial charge in [-0.3, -0.25) is 4.90 Å². The zero-order valence-electron chi connectivity index (χ0n) is 14.6. The molecule has 0 spiro atoms. The van der Waals surface area contributed by atoms with Gasteiger partial charge in [0.15, 0.2) is 0 Å². The first-order valence-corrected chi connectivity index (χ1v) is 9.28. The van der Waals surface area contributed by atoms with Gasteiger partial charge < -0.3 is 4.90 Å². The molecular weight excluding hydrogens is 363 g/mol. The van der Waals surface area contributed by atoms with Crippen molar-refractivity contribution in [3.8, 4) is 0 Å². The summed E-state index contributed by atoms with van der Waals surface area (Å²) in [4.78, 5) is 5.14. The van der Waals surface area contributed by atoms with E-state index >= 15 is 0 Å². The van der Waals surface area contributed by atoms with Crippen LogP contribution in [0.2, 0.25) is 5.02 Å². The Morgan fingerprint density at radius 3 is 2.54 bits per heavy atom. The molecular formula is C19H31Cl3N2. The minimum absolute atomic E-state index is 0. The van der Waals surface area contributed by atoms with Gasteiger partial charge in [0.2, 0.25) is 0 Å². The maximum absolute atomic E-state index is 6.21. The van der Waals surface area contributed by atoms with Crippen LogP contribution >= 0.6 is 36.4 Å². The lowest BCUT2D eigenvalue weighted by atomic mass is 9.86. The summed E-state index contributed by atoms with van der Waals surface area (Å²) in [6.45, 7) is 4.73. The average Bonchev–Trinajstić information content (AvgIpc) is 2.54. The summed E-state index contributed by atoms with van der Waals surface area (Å²) >= 11 is 6.21. The van der Waals surface area contributed by atoms with Crippen molar-refractivity contribution in [3.63, 3.8) is 0 Å². The Kier molecular flexibility index (Phi) is 10.00. The van der Waals surface area contributed by atoms with Gasteiger partial charge >= 0.3 is 0 Å². The van der Waals surface area contributed by atoms with Gasteiger partial charge in [-0.1, -0.05) is 55.8 Å². The topological polar surface area (TPSA) is 6.48 Å². The molecule has 0 radical (unpaired) electrons. The molecule has 2 fully saturated rings. The normalized spacial score (nSPS) is 23.3. The highest BCUT2D eigenvalue weighted by molar-refractivity contribution is 6.30. The van der Waals surface area contributed by atoms with Crippen LogP contribution in [0.1, 0.15) is 50.1 Å². The van der Waals surface area contributed by atoms with Crippen LogP contribution in [-0.2, 0) is 0 Å². The summed E-state index contributed by atoms with van der Waals surface area (Å²) < 4.78 is 0. The largest absolute Gasteiger partial charge is 0.303 e. The van der Waals surface area contributed by atoms with Crippen molar-refractivity contribution in [2.75, 3.05) is 33.2 Å². The van der Waals surface area contributed by atoms with Crippen molar-refractivity contribution in [1.82, 2.24) is 9.80 Å². The van der Waals surface area contributed by atoms with Crippen LogP contribution in [0.5, 0.6) is 0 Å². The zero-order chi connectivity index (χ0) is 15.4. The Labute approximate surface area is 164 Å². The first-order valence-electron chi connectivity index (χ1n) is 8.90. The molecule has 0 bridgehead atoms. The summed E-state index contributed by atoms with van der Waals surface area (Å²) in [6, 6.07) is 8.96. The highest BCUT2D eigenvalue weighted by atomic mass is 35.5. The van der Waals surface area contributed by atoms with E-state index in [9.17, 15) is 0 Å². The minimum atomic E-state index is 0. The van der Waals surface area contributed by atoms with Crippen LogP contribution in [0.25, 0.3) is 0 Å². The number of halogens is 3. The molecule has 1 aliphatic carbocycles. The predicted octanol–water partition coefficient (Wildman–Crippen LogP) is 5.44. The van der Waals surface area contributed by atoms with E-state index < -0.39 is 0 Å². The number of benzene rings is 1. The lowest BCUT2D eigenvalue weighted by molar-refractivity contribution is 0.0820. The van der Waals surface area contributed by atoms with E-state index in [0.29, 0.717) is 6.04 Å². The molecule has 1 aromatic carbocycles. The second kappa shape index (κ2) is 10.9. The van der Waals surface area contributed by atoms with Crippen molar-refractivity contribution in [2.45, 2.75) is 44.6 Å². The molecule has 0 amide bonds. The van der Waals surface area contributed by atoms with Gasteiger partial charge in [-0.05, 0) is 43.6 Å². The van der Waals surface area contributed by atoms with Crippen LogP contribution in [0, 0.1) is 5.92 Å². The van der Waals surface area contributed by atoms with Crippen molar-refractivity contribution >= 4 is 36.4 Å². The number of likely N-dealkylation sites (N-methyl/N-ethyl adjacent to an activating group) is 1. The van der Waals surface area contributed by atoms with E-state index in [1.807, 2.05) is 6.07 Å². The van der Waals surface area contributed by atoms with Crippen LogP contribution in [0.4, 0.5) is 0 Å². The molecule has 1 aliphatic heterocycles. The summed E-state index contributed by atoms with van der Waals surface area (Å²) in [5.41, 5.74) is 1.38. The van der Waals surface area contributed by atoms with E-state index in [1.165, 1.54) is 63.7 Å². The quantitative estimate of drug-likeness (QED) is 0.671. The maximum Gasteiger partial charge on any atom is 0.0476 e. The molecule has 138 valence electrons. The second-order valence-corrected chi connectivity index (χ2v) is 7.60. The molecule has 3 rings (SSSR count). The first-order chi connectivity index (χ1) is 10.7. The number of hydrogen-bond donors (Lipinski definition) is 0. The second-order valence-electron chi connectivity index (χ2n) is 7.16. The third kappa shape index (κ3) is 6.07. The molecule has 1 heterocycles. The van der Waals surface area contributed by atoms with Crippen LogP contribution in [-0.4, -0.2) is 43.0 Å². The molecule has 0 N–H and O–H groups in total. The molecule has 1 saturated heterocycles. The van der Waals surface area contributed by atoms with Crippen LogP contribution in [0.3, 0.4) is 0 Å². The first kappa shape index (κ1) is 22.1. The van der Waals surface area contributed by atoms with Crippen LogP contribution < -0.4 is 0 Å². The molecule has 1 saturated carbocycles. The fourth-order valence-electron chi connectivity index (χ4n) is 4.08. The number of hydrogen-bond acceptors (Lipinski definition) is 2. The Bertz CT molecular complexity index is 477. The van der Waals surface area contributed by atoms with Gasteiger partial charge in [0.05, 0.1) is 0 Å². The summed E-state index contributed by atoms with van der Waals surface area (Å²) in [6.07, 6.45) is 8.64. The standard InChI is InChI=1S/C19H29ClN2.2ClH/c1-21-12-13-22(11-10-16-6-3-2-4-7-16)19(15-21)17-8-5-9-18(20)14-17;;/h5,8-9,14,16,19H,2-4,6-7,10-13,15H2,1H3;2*1H. The van der Waals surface area contributed by atoms with Gasteiger partial charge in [-0.2, -0.15) is 0 Å². The fourth-order valence-corrected chi connectivity index (χ4v) is 4.28. The van der Waals surface area contributed by atoms with Crippen molar-refractivity contribution in [1.29, 1.82) is 0 Å². The Hall–Kier alpha value is 0.01000. The predicted molar refractivity (Wildman–Crippen MR) is 109 cm³/mol. The average molecular weight is 394 g/mol. The van der Waals surface area contributed by atoms with Crippen LogP contribution in [0.15, 0.2) is 24.3 Å². The minimum Gasteiger partial charge on any atom is -0.303 e. The summed E-state index contributed by atoms with van der Waals surface area (Å²) in [7, 11) is 2.23. The van der Waals surface area contributed by atoms with Gasteiger partial charge in [-0.15, -0.1) is 24.8 Å². The van der Waals surface area contributed by atoms with Crippen molar-refractivity contribution in [3.05, 3.63) is 34.9 Å². The zero-order valence-corrected chi connectivity index (χ0v) is 17.0. The monoisotopic (exact) mass is 392 g/mol. The third-order valence-corrected chi connectivity index (χ3v) is 5.71. The number of nitrogens with zero attached hydrogens (tertiary/aromatic N) is 2. The van der Waals surface area contributed by atoms with E-state index in [0.717, 1.165) is 17.5 Å². The van der Waals surface area contributed by atoms with E-state index in [1.54, 1.807) is 0 Å². The molecule has 5 heteroatoms. The third-order valence-electron chi connectivity index (χ3n) is 5.48. The molecule has 24 heavy (non-hydrogen) atoms. The molecule has 1 atom stereocenters. The van der Waals surface area contributed by atoms with E-state index in [4.69, 9.17) is 11.6 Å². The van der Waals surface area contributed by atoms with E-state index in [2.05, 4.69) is 35.0 Å². The molecule has 2 nitrogen and oxygen atoms in total. The lowest BCUT2D eigenvalue weighted by Crippen LogP contribution is -2.47. The smallest absolute Gasteiger partial charge is 0.0476 e. The van der Waals surface area contributed by atoms with Gasteiger partial charge in [0.25, 0.3) is 0 Å². The van der Waals surface area contributed by atoms with Gasteiger partial charge in [0, 0.05) is 30.7 Å². The highest BCUT2D eigenvalue weighted by Gasteiger charge is 2.27. The summed E-state index contributed by atoms with van der Waals surface area (Å²) in [5, 5.41) is 0.859. The number of rotatable bonds is 4. The van der Waals surface area contributed by atoms with Crippen molar-refractivity contribution in [2.24, 2.45) is 5.92 Å². The van der Waals surface area contributed by atoms with Gasteiger partial charge in [0.1, 0.15) is 0 Å². The maximum atomic E-state index is 6.21. The number of piperazine rings is 1. The fraction of sp³-hybridized carbons (Fsp3) is 0.684. The molecule has 1 unspecified atom stereocenters. The SMILES string of the molecule is CN1CCN(CCC2CCCCC2)C(c2cccc(Cl)c2)C1.Cl.Cl. The van der Waals surface area contributed by atoms with Gasteiger partial charge in [-0.25, -0.2) is 0 Å². The Morgan fingerprint density at radius 1 is 1.08 bits per heavy atom. The van der Waals surface area contributed by atoms with Crippen molar-refractivity contribution < 1.29 is 0 Å². The molecule has 1 aromatic rings. The molecule has 2 aliphatic rings. The lowest BCUT2D eigenvalue weighted by Gasteiger charge is -2.41. The highest BCUT2D eigenvalue weighted by Crippen LogP contribution is 2.30.